The summed E-state index contributed by atoms with van der Waals surface area (Å²) in [6.07, 6.45) is 3.69. The molecule has 4 fully saturated rings. The van der Waals surface area contributed by atoms with Gasteiger partial charge in [0.25, 0.3) is 5.56 Å². The van der Waals surface area contributed by atoms with Crippen LogP contribution in [0.5, 0.6) is 0 Å². The van der Waals surface area contributed by atoms with Crippen LogP contribution >= 0.6 is 11.3 Å². The van der Waals surface area contributed by atoms with Crippen molar-refractivity contribution in [1.82, 2.24) is 19.7 Å². The number of pyridine rings is 1. The van der Waals surface area contributed by atoms with E-state index >= 15 is 0 Å². The van der Waals surface area contributed by atoms with E-state index in [1.807, 2.05) is 27.5 Å². The number of hydrogen-bond acceptors (Lipinski definition) is 5. The van der Waals surface area contributed by atoms with Crippen molar-refractivity contribution in [1.29, 1.82) is 0 Å². The predicted octanol–water partition coefficient (Wildman–Crippen LogP) is 2.86. The summed E-state index contributed by atoms with van der Waals surface area (Å²) >= 11 is 1.58. The number of hydrogen-bond donors (Lipinski definition) is 2. The van der Waals surface area contributed by atoms with Crippen molar-refractivity contribution in [3.63, 3.8) is 0 Å². The van der Waals surface area contributed by atoms with Crippen molar-refractivity contribution in [3.8, 4) is 0 Å². The van der Waals surface area contributed by atoms with Crippen LogP contribution in [0.2, 0.25) is 0 Å². The minimum absolute atomic E-state index is 0.105. The maximum absolute atomic E-state index is 12.3. The Morgan fingerprint density at radius 3 is 2.88 bits per heavy atom. The molecule has 33 heavy (non-hydrogen) atoms. The summed E-state index contributed by atoms with van der Waals surface area (Å²) < 4.78 is 2.02. The van der Waals surface area contributed by atoms with Crippen LogP contribution in [-0.2, 0) is 6.54 Å². The van der Waals surface area contributed by atoms with E-state index in [1.165, 1.54) is 31.5 Å². The largest absolute Gasteiger partial charge is 0.336 e. The number of amides is 2. The van der Waals surface area contributed by atoms with E-state index < -0.39 is 0 Å². The molecule has 8 heteroatoms. The highest BCUT2D eigenvalue weighted by atomic mass is 32.1. The first-order chi connectivity index (χ1) is 16.1. The normalized spacial score (nSPS) is 32.8. The van der Waals surface area contributed by atoms with Gasteiger partial charge in [0.1, 0.15) is 0 Å². The second-order valence-corrected chi connectivity index (χ2v) is 11.2. The maximum Gasteiger partial charge on any atom is 0.319 e. The zero-order valence-electron chi connectivity index (χ0n) is 19.0. The molecule has 0 radical (unpaired) electrons. The SMILES string of the molecule is O=C(NCC1CC2CCN1CC2CN1CC2CC(C1)c1cccc(=O)n1C2)Nc1ccsc1. The van der Waals surface area contributed by atoms with E-state index in [1.54, 1.807) is 17.4 Å². The third-order valence-corrected chi connectivity index (χ3v) is 9.02. The van der Waals surface area contributed by atoms with Crippen molar-refractivity contribution >= 4 is 23.1 Å². The van der Waals surface area contributed by atoms with Gasteiger partial charge in [-0.25, -0.2) is 4.79 Å². The van der Waals surface area contributed by atoms with Crippen molar-refractivity contribution in [3.05, 3.63) is 51.1 Å². The molecule has 7 nitrogen and oxygen atoms in total. The molecule has 7 rings (SSSR count). The maximum atomic E-state index is 12.3. The summed E-state index contributed by atoms with van der Waals surface area (Å²) in [6, 6.07) is 8.06. The third kappa shape index (κ3) is 4.36. The van der Waals surface area contributed by atoms with Crippen molar-refractivity contribution in [2.24, 2.45) is 17.8 Å². The number of aromatic nitrogens is 1. The number of carbonyl (C=O) groups excluding carboxylic acids is 1. The van der Waals surface area contributed by atoms with Crippen LogP contribution < -0.4 is 16.2 Å². The summed E-state index contributed by atoms with van der Waals surface area (Å²) in [4.78, 5) is 29.8. The molecule has 7 heterocycles. The fourth-order valence-corrected chi connectivity index (χ4v) is 7.45. The molecular weight excluding hydrogens is 434 g/mol. The molecular formula is C25H33N5O2S. The van der Waals surface area contributed by atoms with E-state index in [-0.39, 0.29) is 11.6 Å². The standard InChI is InChI=1S/C25H33N5O2S/c31-24-3-1-2-23-19-8-17(12-30(23)24)11-28(13-19)14-20-15-29-6-4-18(20)9-22(29)10-26-25(32)27-21-5-7-33-16-21/h1-3,5,7,16-20,22H,4,6,8-15H2,(H2,26,27,32). The molecule has 2 aromatic rings. The van der Waals surface area contributed by atoms with Crippen LogP contribution in [0.1, 0.15) is 30.9 Å². The average molecular weight is 468 g/mol. The highest BCUT2D eigenvalue weighted by Gasteiger charge is 2.42. The number of urea groups is 1. The van der Waals surface area contributed by atoms with Gasteiger partial charge in [-0.2, -0.15) is 11.3 Å². The lowest BCUT2D eigenvalue weighted by atomic mass is 9.74. The van der Waals surface area contributed by atoms with Gasteiger partial charge < -0.3 is 20.1 Å². The van der Waals surface area contributed by atoms with Gasteiger partial charge in [0.15, 0.2) is 0 Å². The molecule has 5 aliphatic heterocycles. The molecule has 0 aromatic carbocycles. The second-order valence-electron chi connectivity index (χ2n) is 10.5. The van der Waals surface area contributed by atoms with Crippen LogP contribution in [0.25, 0.3) is 0 Å². The van der Waals surface area contributed by atoms with Crippen molar-refractivity contribution < 1.29 is 4.79 Å². The Kier molecular flexibility index (Phi) is 5.76. The second kappa shape index (κ2) is 8.89. The first-order valence-corrected chi connectivity index (χ1v) is 13.3. The number of rotatable bonds is 5. The molecule has 176 valence electrons. The van der Waals surface area contributed by atoms with Gasteiger partial charge in [0, 0.05) is 68.4 Å². The quantitative estimate of drug-likeness (QED) is 0.710. The average Bonchev–Trinajstić information content (AvgIpc) is 3.32. The molecule has 0 saturated carbocycles. The van der Waals surface area contributed by atoms with Gasteiger partial charge in [0.05, 0.1) is 5.69 Å². The van der Waals surface area contributed by atoms with E-state index in [2.05, 4.69) is 26.5 Å². The summed E-state index contributed by atoms with van der Waals surface area (Å²) in [5.74, 6) is 2.55. The number of fused-ring (bicyclic) bond motifs is 7. The van der Waals surface area contributed by atoms with Crippen LogP contribution in [0.4, 0.5) is 10.5 Å². The Balaban J connectivity index is 1.03. The smallest absolute Gasteiger partial charge is 0.319 e. The number of carbonyl (C=O) groups is 1. The molecule has 6 unspecified atom stereocenters. The molecule has 4 saturated heterocycles. The molecule has 4 bridgehead atoms. The minimum atomic E-state index is -0.105. The molecule has 0 spiro atoms. The molecule has 0 aliphatic carbocycles. The number of likely N-dealkylation sites (tertiary alicyclic amines) is 1. The molecule has 2 N–H and O–H groups in total. The minimum Gasteiger partial charge on any atom is -0.336 e. The van der Waals surface area contributed by atoms with Gasteiger partial charge in [-0.3, -0.25) is 9.69 Å². The van der Waals surface area contributed by atoms with Crippen LogP contribution in [0.15, 0.2) is 39.8 Å². The number of piperidine rings is 4. The number of anilines is 1. The Morgan fingerprint density at radius 1 is 1.12 bits per heavy atom. The first kappa shape index (κ1) is 21.4. The van der Waals surface area contributed by atoms with E-state index in [0.29, 0.717) is 23.8 Å². The number of nitrogens with zero attached hydrogens (tertiary/aromatic N) is 3. The Hall–Kier alpha value is -2.16. The molecule has 6 atom stereocenters. The Labute approximate surface area is 198 Å². The molecule has 5 aliphatic rings. The first-order valence-electron chi connectivity index (χ1n) is 12.4. The summed E-state index contributed by atoms with van der Waals surface area (Å²) in [5.41, 5.74) is 2.27. The lowest BCUT2D eigenvalue weighted by Gasteiger charge is -2.52. The van der Waals surface area contributed by atoms with Gasteiger partial charge in [0.2, 0.25) is 0 Å². The fourth-order valence-electron chi connectivity index (χ4n) is 6.87. The zero-order valence-corrected chi connectivity index (χ0v) is 19.8. The molecule has 2 aromatic heterocycles. The van der Waals surface area contributed by atoms with Crippen LogP contribution in [0.3, 0.4) is 0 Å². The summed E-state index contributed by atoms with van der Waals surface area (Å²) in [7, 11) is 0. The topological polar surface area (TPSA) is 69.6 Å². The number of nitrogens with one attached hydrogen (secondary N) is 2. The monoisotopic (exact) mass is 467 g/mol. The predicted molar refractivity (Wildman–Crippen MR) is 131 cm³/mol. The zero-order chi connectivity index (χ0) is 22.4. The van der Waals surface area contributed by atoms with Gasteiger partial charge in [-0.1, -0.05) is 6.07 Å². The number of thiophene rings is 1. The van der Waals surface area contributed by atoms with Crippen molar-refractivity contribution in [2.45, 2.75) is 37.8 Å². The fraction of sp³-hybridized carbons (Fsp3) is 0.600. The molecule has 2 amide bonds. The Morgan fingerprint density at radius 2 is 2.06 bits per heavy atom. The van der Waals surface area contributed by atoms with E-state index in [9.17, 15) is 9.59 Å². The van der Waals surface area contributed by atoms with Crippen LogP contribution in [0, 0.1) is 17.8 Å². The lowest BCUT2D eigenvalue weighted by Crippen LogP contribution is -2.59. The van der Waals surface area contributed by atoms with Gasteiger partial charge in [-0.15, -0.1) is 0 Å². The Bertz CT molecular complexity index is 1050. The summed E-state index contributed by atoms with van der Waals surface area (Å²) in [5, 5.41) is 9.91. The highest BCUT2D eigenvalue weighted by molar-refractivity contribution is 7.08. The van der Waals surface area contributed by atoms with E-state index in [0.717, 1.165) is 50.9 Å². The van der Waals surface area contributed by atoms with Crippen LogP contribution in [-0.4, -0.2) is 65.7 Å². The third-order valence-electron chi connectivity index (χ3n) is 8.34. The van der Waals surface area contributed by atoms with Crippen molar-refractivity contribution in [2.75, 3.05) is 44.6 Å². The van der Waals surface area contributed by atoms with E-state index in [4.69, 9.17) is 0 Å². The lowest BCUT2D eigenvalue weighted by molar-refractivity contribution is -0.0192. The highest BCUT2D eigenvalue weighted by Crippen LogP contribution is 2.39. The summed E-state index contributed by atoms with van der Waals surface area (Å²) in [6.45, 7) is 7.27. The van der Waals surface area contributed by atoms with Gasteiger partial charge in [-0.05, 0) is 61.1 Å². The van der Waals surface area contributed by atoms with Gasteiger partial charge >= 0.3 is 6.03 Å².